The summed E-state index contributed by atoms with van der Waals surface area (Å²) in [5.74, 6) is -1.60. The number of hydrogen-bond donors (Lipinski definition) is 4. The second-order valence-electron chi connectivity index (χ2n) is 7.71. The van der Waals surface area contributed by atoms with E-state index in [1.807, 2.05) is 24.3 Å². The van der Waals surface area contributed by atoms with Crippen LogP contribution < -0.4 is 15.8 Å². The highest BCUT2D eigenvalue weighted by molar-refractivity contribution is 7.89. The first-order valence-corrected chi connectivity index (χ1v) is 12.1. The summed E-state index contributed by atoms with van der Waals surface area (Å²) in [5, 5.41) is 11.2. The number of aromatic amines is 1. The van der Waals surface area contributed by atoms with Gasteiger partial charge >= 0.3 is 5.97 Å². The van der Waals surface area contributed by atoms with Crippen molar-refractivity contribution in [2.24, 2.45) is 5.14 Å². The number of aromatic nitrogens is 1. The summed E-state index contributed by atoms with van der Waals surface area (Å²) in [4.78, 5) is 39.4. The Bertz CT molecular complexity index is 1280. The van der Waals surface area contributed by atoms with Crippen LogP contribution in [0.4, 0.5) is 0 Å². The smallest absolute Gasteiger partial charge is 0.329 e. The molecule has 0 aliphatic rings. The maximum atomic E-state index is 12.6. The highest BCUT2D eigenvalue weighted by Gasteiger charge is 2.23. The molecule has 0 aliphatic heterocycles. The van der Waals surface area contributed by atoms with Crippen LogP contribution in [0.2, 0.25) is 0 Å². The van der Waals surface area contributed by atoms with Gasteiger partial charge in [0.15, 0.2) is 6.61 Å². The zero-order valence-electron chi connectivity index (χ0n) is 18.5. The molecule has 0 unspecified atom stereocenters. The molecule has 2 amide bonds. The summed E-state index contributed by atoms with van der Waals surface area (Å²) in [5.41, 5.74) is 2.55. The third-order valence-electron chi connectivity index (χ3n) is 5.09. The molecule has 2 aromatic carbocycles. The van der Waals surface area contributed by atoms with Crippen molar-refractivity contribution < 1.29 is 27.5 Å². The maximum Gasteiger partial charge on any atom is 0.329 e. The van der Waals surface area contributed by atoms with Crippen LogP contribution in [0.3, 0.4) is 0 Å². The molecule has 0 saturated heterocycles. The average Bonchev–Trinajstić information content (AvgIpc) is 3.19. The standard InChI is InChI=1S/C23H26N4O6S/c1-15(28)27-21(12-17-13-26-20-5-3-2-4-19(17)20)23(30)33-14-22(29)25-11-10-16-6-8-18(9-7-16)34(24,31)32/h2-9,13,21,26H,10-12,14H2,1H3,(H,25,29)(H,27,28)(H2,24,31,32)/t21-/m0/s1. The number of ether oxygens (including phenoxy) is 1. The summed E-state index contributed by atoms with van der Waals surface area (Å²) in [6.45, 7) is 1.07. The minimum absolute atomic E-state index is 0.00793. The second kappa shape index (κ2) is 10.9. The zero-order chi connectivity index (χ0) is 24.7. The number of para-hydroxylation sites is 1. The van der Waals surface area contributed by atoms with Gasteiger partial charge < -0.3 is 20.4 Å². The van der Waals surface area contributed by atoms with Crippen molar-refractivity contribution >= 4 is 38.7 Å². The van der Waals surface area contributed by atoms with Crippen molar-refractivity contribution in [3.63, 3.8) is 0 Å². The predicted octanol–water partition coefficient (Wildman–Crippen LogP) is 0.765. The lowest BCUT2D eigenvalue weighted by atomic mass is 10.0. The molecule has 0 spiro atoms. The van der Waals surface area contributed by atoms with Crippen LogP contribution in [-0.2, 0) is 42.0 Å². The van der Waals surface area contributed by atoms with Gasteiger partial charge in [0.05, 0.1) is 4.90 Å². The number of nitrogens with two attached hydrogens (primary N) is 1. The van der Waals surface area contributed by atoms with E-state index < -0.39 is 34.5 Å². The fraction of sp³-hybridized carbons (Fsp3) is 0.261. The zero-order valence-corrected chi connectivity index (χ0v) is 19.4. The fourth-order valence-electron chi connectivity index (χ4n) is 3.44. The fourth-order valence-corrected chi connectivity index (χ4v) is 3.95. The number of primary sulfonamides is 1. The molecular formula is C23H26N4O6S. The van der Waals surface area contributed by atoms with E-state index in [0.29, 0.717) is 6.42 Å². The van der Waals surface area contributed by atoms with Crippen LogP contribution in [0.1, 0.15) is 18.1 Å². The van der Waals surface area contributed by atoms with Gasteiger partial charge in [-0.25, -0.2) is 18.4 Å². The minimum atomic E-state index is -3.76. The predicted molar refractivity (Wildman–Crippen MR) is 125 cm³/mol. The topological polar surface area (TPSA) is 160 Å². The van der Waals surface area contributed by atoms with Gasteiger partial charge in [-0.2, -0.15) is 0 Å². The van der Waals surface area contributed by atoms with Crippen LogP contribution >= 0.6 is 0 Å². The van der Waals surface area contributed by atoms with Crippen LogP contribution in [0.15, 0.2) is 59.6 Å². The molecule has 0 fully saturated rings. The van der Waals surface area contributed by atoms with E-state index >= 15 is 0 Å². The Morgan fingerprint density at radius 1 is 1.09 bits per heavy atom. The Kier molecular flexibility index (Phi) is 8.03. The van der Waals surface area contributed by atoms with Crippen molar-refractivity contribution in [2.75, 3.05) is 13.2 Å². The summed E-state index contributed by atoms with van der Waals surface area (Å²) < 4.78 is 27.7. The lowest BCUT2D eigenvalue weighted by Crippen LogP contribution is -2.43. The van der Waals surface area contributed by atoms with Crippen molar-refractivity contribution in [1.29, 1.82) is 0 Å². The molecule has 180 valence electrons. The van der Waals surface area contributed by atoms with Gasteiger partial charge in [0.1, 0.15) is 6.04 Å². The van der Waals surface area contributed by atoms with Gasteiger partial charge in [-0.05, 0) is 35.7 Å². The molecule has 1 atom stereocenters. The van der Waals surface area contributed by atoms with Crippen LogP contribution in [0, 0.1) is 0 Å². The Labute approximate surface area is 196 Å². The van der Waals surface area contributed by atoms with Gasteiger partial charge in [-0.3, -0.25) is 9.59 Å². The summed E-state index contributed by atoms with van der Waals surface area (Å²) in [6, 6.07) is 12.6. The van der Waals surface area contributed by atoms with Gasteiger partial charge in [0, 0.05) is 37.0 Å². The molecule has 0 bridgehead atoms. The molecule has 0 radical (unpaired) electrons. The third-order valence-corrected chi connectivity index (χ3v) is 6.02. The lowest BCUT2D eigenvalue weighted by Gasteiger charge is -2.16. The van der Waals surface area contributed by atoms with Gasteiger partial charge in [0.25, 0.3) is 5.91 Å². The summed E-state index contributed by atoms with van der Waals surface area (Å²) >= 11 is 0. The van der Waals surface area contributed by atoms with E-state index in [1.165, 1.54) is 19.1 Å². The van der Waals surface area contributed by atoms with E-state index in [2.05, 4.69) is 15.6 Å². The number of amides is 2. The van der Waals surface area contributed by atoms with Crippen molar-refractivity contribution in [1.82, 2.24) is 15.6 Å². The van der Waals surface area contributed by atoms with Crippen molar-refractivity contribution in [3.05, 3.63) is 65.9 Å². The second-order valence-corrected chi connectivity index (χ2v) is 9.27. The van der Waals surface area contributed by atoms with Gasteiger partial charge in [-0.15, -0.1) is 0 Å². The SMILES string of the molecule is CC(=O)N[C@@H](Cc1c[nH]c2ccccc12)C(=O)OCC(=O)NCCc1ccc(S(N)(=O)=O)cc1. The Morgan fingerprint density at radius 3 is 2.47 bits per heavy atom. The number of rotatable bonds is 10. The normalized spacial score (nSPS) is 12.2. The number of H-pyrrole nitrogens is 1. The Morgan fingerprint density at radius 2 is 1.79 bits per heavy atom. The molecule has 3 aromatic rings. The number of hydrogen-bond acceptors (Lipinski definition) is 6. The van der Waals surface area contributed by atoms with Crippen molar-refractivity contribution in [2.45, 2.75) is 30.7 Å². The number of benzene rings is 2. The molecule has 3 rings (SSSR count). The van der Waals surface area contributed by atoms with Gasteiger partial charge in [0.2, 0.25) is 15.9 Å². The molecule has 5 N–H and O–H groups in total. The Balaban J connectivity index is 1.49. The largest absolute Gasteiger partial charge is 0.454 e. The van der Waals surface area contributed by atoms with E-state index in [-0.39, 0.29) is 23.8 Å². The molecule has 34 heavy (non-hydrogen) atoms. The molecule has 0 saturated carbocycles. The van der Waals surface area contributed by atoms with Crippen LogP contribution in [0.25, 0.3) is 10.9 Å². The minimum Gasteiger partial charge on any atom is -0.454 e. The van der Waals surface area contributed by atoms with E-state index in [0.717, 1.165) is 22.0 Å². The first kappa shape index (κ1) is 24.9. The van der Waals surface area contributed by atoms with E-state index in [1.54, 1.807) is 18.3 Å². The molecular weight excluding hydrogens is 460 g/mol. The monoisotopic (exact) mass is 486 g/mol. The summed E-state index contributed by atoms with van der Waals surface area (Å²) in [7, 11) is -3.76. The van der Waals surface area contributed by atoms with Crippen LogP contribution in [0.5, 0.6) is 0 Å². The first-order valence-electron chi connectivity index (χ1n) is 10.5. The molecule has 1 aromatic heterocycles. The quantitative estimate of drug-likeness (QED) is 0.310. The maximum absolute atomic E-state index is 12.6. The van der Waals surface area contributed by atoms with Crippen molar-refractivity contribution in [3.8, 4) is 0 Å². The number of carbonyl (C=O) groups is 3. The highest BCUT2D eigenvalue weighted by Crippen LogP contribution is 2.19. The van der Waals surface area contributed by atoms with E-state index in [9.17, 15) is 22.8 Å². The number of esters is 1. The van der Waals surface area contributed by atoms with E-state index in [4.69, 9.17) is 9.88 Å². The van der Waals surface area contributed by atoms with Gasteiger partial charge in [-0.1, -0.05) is 30.3 Å². The molecule has 1 heterocycles. The third kappa shape index (κ3) is 6.90. The summed E-state index contributed by atoms with van der Waals surface area (Å²) in [6.07, 6.45) is 2.42. The first-order chi connectivity index (χ1) is 16.1. The average molecular weight is 487 g/mol. The molecule has 10 nitrogen and oxygen atoms in total. The Hall–Kier alpha value is -3.70. The number of nitrogens with one attached hydrogen (secondary N) is 3. The molecule has 11 heteroatoms. The number of fused-ring (bicyclic) bond motifs is 1. The highest BCUT2D eigenvalue weighted by atomic mass is 32.2. The number of carbonyl (C=O) groups excluding carboxylic acids is 3. The molecule has 0 aliphatic carbocycles. The lowest BCUT2D eigenvalue weighted by molar-refractivity contribution is -0.151. The van der Waals surface area contributed by atoms with Crippen LogP contribution in [-0.4, -0.2) is 50.4 Å². The number of sulfonamides is 1.